The number of benzene rings is 2. The third-order valence-corrected chi connectivity index (χ3v) is 5.80. The molecular formula is C27H35N5O3. The number of ether oxygens (including phenoxy) is 3. The molecule has 186 valence electrons. The summed E-state index contributed by atoms with van der Waals surface area (Å²) >= 11 is 0. The molecule has 3 aromatic rings. The highest BCUT2D eigenvalue weighted by Gasteiger charge is 2.11. The summed E-state index contributed by atoms with van der Waals surface area (Å²) in [6.45, 7) is 7.17. The van der Waals surface area contributed by atoms with E-state index in [0.717, 1.165) is 79.8 Å². The van der Waals surface area contributed by atoms with Crippen molar-refractivity contribution in [1.82, 2.24) is 20.4 Å². The van der Waals surface area contributed by atoms with Gasteiger partial charge in [-0.15, -0.1) is 0 Å². The summed E-state index contributed by atoms with van der Waals surface area (Å²) in [7, 11) is 0. The first-order valence-electron chi connectivity index (χ1n) is 12.2. The molecule has 0 radical (unpaired) electrons. The first-order chi connectivity index (χ1) is 17.3. The van der Waals surface area contributed by atoms with Gasteiger partial charge >= 0.3 is 0 Å². The molecule has 1 aliphatic rings. The predicted octanol–water partition coefficient (Wildman–Crippen LogP) is 3.48. The van der Waals surface area contributed by atoms with E-state index in [1.54, 1.807) is 6.20 Å². The van der Waals surface area contributed by atoms with Crippen molar-refractivity contribution < 1.29 is 14.2 Å². The lowest BCUT2D eigenvalue weighted by Gasteiger charge is -2.26. The Balaban J connectivity index is 1.14. The molecule has 1 aromatic heterocycles. The number of morpholine rings is 1. The van der Waals surface area contributed by atoms with Gasteiger partial charge in [0.25, 0.3) is 0 Å². The molecule has 0 spiro atoms. The van der Waals surface area contributed by atoms with Crippen molar-refractivity contribution in [3.05, 3.63) is 72.4 Å². The Kier molecular flexibility index (Phi) is 9.58. The van der Waals surface area contributed by atoms with Crippen LogP contribution < -0.4 is 20.5 Å². The summed E-state index contributed by atoms with van der Waals surface area (Å²) in [5, 5.41) is 10.4. The molecule has 1 saturated heterocycles. The lowest BCUT2D eigenvalue weighted by molar-refractivity contribution is 0.0322. The van der Waals surface area contributed by atoms with E-state index in [0.29, 0.717) is 19.8 Å². The number of nitrogens with zero attached hydrogens (tertiary/aromatic N) is 2. The third kappa shape index (κ3) is 8.13. The van der Waals surface area contributed by atoms with Crippen LogP contribution in [0.15, 0.2) is 66.9 Å². The van der Waals surface area contributed by atoms with Gasteiger partial charge in [0.15, 0.2) is 0 Å². The Bertz CT molecular complexity index is 1050. The zero-order valence-corrected chi connectivity index (χ0v) is 20.1. The number of aromatic amines is 1. The van der Waals surface area contributed by atoms with E-state index in [4.69, 9.17) is 19.9 Å². The Morgan fingerprint density at radius 1 is 1.06 bits per heavy atom. The van der Waals surface area contributed by atoms with Crippen molar-refractivity contribution in [2.75, 3.05) is 58.3 Å². The van der Waals surface area contributed by atoms with Crippen LogP contribution in [0.1, 0.15) is 12.0 Å². The van der Waals surface area contributed by atoms with Crippen molar-refractivity contribution in [3.63, 3.8) is 0 Å². The Labute approximate surface area is 207 Å². The normalized spacial score (nSPS) is 14.4. The minimum absolute atomic E-state index is 0.624. The predicted molar refractivity (Wildman–Crippen MR) is 139 cm³/mol. The van der Waals surface area contributed by atoms with Crippen LogP contribution in [-0.2, 0) is 11.3 Å². The lowest BCUT2D eigenvalue weighted by atomic mass is 10.1. The second-order valence-electron chi connectivity index (χ2n) is 8.41. The van der Waals surface area contributed by atoms with E-state index in [2.05, 4.69) is 32.6 Å². The van der Waals surface area contributed by atoms with E-state index < -0.39 is 0 Å². The maximum absolute atomic E-state index is 6.06. The highest BCUT2D eigenvalue weighted by atomic mass is 16.5. The first kappa shape index (κ1) is 24.8. The minimum atomic E-state index is 0.624. The van der Waals surface area contributed by atoms with Gasteiger partial charge < -0.3 is 25.3 Å². The number of anilines is 1. The summed E-state index contributed by atoms with van der Waals surface area (Å²) in [6, 6.07) is 15.8. The van der Waals surface area contributed by atoms with Crippen LogP contribution in [0.25, 0.3) is 11.3 Å². The summed E-state index contributed by atoms with van der Waals surface area (Å²) in [5.74, 6) is 1.74. The number of nitrogen functional groups attached to an aromatic ring is 1. The van der Waals surface area contributed by atoms with Crippen LogP contribution in [0.2, 0.25) is 0 Å². The molecular weight excluding hydrogens is 442 g/mol. The molecule has 35 heavy (non-hydrogen) atoms. The monoisotopic (exact) mass is 477 g/mol. The highest BCUT2D eigenvalue weighted by Crippen LogP contribution is 2.22. The van der Waals surface area contributed by atoms with Crippen molar-refractivity contribution >= 4 is 5.69 Å². The van der Waals surface area contributed by atoms with Crippen LogP contribution >= 0.6 is 0 Å². The van der Waals surface area contributed by atoms with Crippen LogP contribution in [0.3, 0.4) is 0 Å². The fraction of sp³-hybridized carbons (Fsp3) is 0.370. The summed E-state index contributed by atoms with van der Waals surface area (Å²) < 4.78 is 17.3. The molecule has 2 aromatic carbocycles. The van der Waals surface area contributed by atoms with Crippen LogP contribution in [-0.4, -0.2) is 67.7 Å². The van der Waals surface area contributed by atoms with E-state index >= 15 is 0 Å². The number of hydrogen-bond donors (Lipinski definition) is 3. The van der Waals surface area contributed by atoms with Crippen LogP contribution in [0, 0.1) is 0 Å². The van der Waals surface area contributed by atoms with Crippen molar-refractivity contribution in [2.45, 2.75) is 13.0 Å². The molecule has 2 heterocycles. The number of rotatable bonds is 13. The van der Waals surface area contributed by atoms with E-state index in [9.17, 15) is 0 Å². The Hall–Kier alpha value is -3.33. The third-order valence-electron chi connectivity index (χ3n) is 5.80. The molecule has 0 aliphatic carbocycles. The Morgan fingerprint density at radius 2 is 1.97 bits per heavy atom. The van der Waals surface area contributed by atoms with E-state index in [1.807, 2.05) is 48.5 Å². The second-order valence-corrected chi connectivity index (χ2v) is 8.41. The van der Waals surface area contributed by atoms with Gasteiger partial charge in [0, 0.05) is 55.7 Å². The molecule has 4 rings (SSSR count). The molecule has 0 atom stereocenters. The molecule has 0 bridgehead atoms. The van der Waals surface area contributed by atoms with Gasteiger partial charge in [-0.25, -0.2) is 0 Å². The molecule has 0 saturated carbocycles. The smallest absolute Gasteiger partial charge is 0.123 e. The SMILES string of the molecule is Nc1ccc(OCCN2CCOCC2)c(CNC/C=C/CCOc2cccc(-c3ccn[nH]3)c2)c1. The van der Waals surface area contributed by atoms with Crippen LogP contribution in [0.4, 0.5) is 5.69 Å². The van der Waals surface area contributed by atoms with Gasteiger partial charge in [-0.3, -0.25) is 10.00 Å². The molecule has 1 aliphatic heterocycles. The van der Waals surface area contributed by atoms with Crippen molar-refractivity contribution in [1.29, 1.82) is 0 Å². The number of H-pyrrole nitrogens is 1. The lowest BCUT2D eigenvalue weighted by Crippen LogP contribution is -2.38. The molecule has 4 N–H and O–H groups in total. The summed E-state index contributed by atoms with van der Waals surface area (Å²) in [6.07, 6.45) is 6.83. The number of nitrogens with two attached hydrogens (primary N) is 1. The van der Waals surface area contributed by atoms with Crippen molar-refractivity contribution in [2.24, 2.45) is 0 Å². The quantitative estimate of drug-likeness (QED) is 0.197. The van der Waals surface area contributed by atoms with Crippen LogP contribution in [0.5, 0.6) is 11.5 Å². The fourth-order valence-electron chi connectivity index (χ4n) is 3.89. The second kappa shape index (κ2) is 13.5. The summed E-state index contributed by atoms with van der Waals surface area (Å²) in [4.78, 5) is 2.36. The van der Waals surface area contributed by atoms with Gasteiger partial charge in [0.05, 0.1) is 25.5 Å². The maximum Gasteiger partial charge on any atom is 0.123 e. The Morgan fingerprint density at radius 3 is 2.83 bits per heavy atom. The van der Waals surface area contributed by atoms with Gasteiger partial charge in [-0.05, 0) is 42.8 Å². The average molecular weight is 478 g/mol. The van der Waals surface area contributed by atoms with Gasteiger partial charge in [-0.1, -0.05) is 24.3 Å². The van der Waals surface area contributed by atoms with E-state index in [1.165, 1.54) is 0 Å². The fourth-order valence-corrected chi connectivity index (χ4v) is 3.89. The van der Waals surface area contributed by atoms with Gasteiger partial charge in [-0.2, -0.15) is 5.10 Å². The molecule has 0 amide bonds. The maximum atomic E-state index is 6.06. The largest absolute Gasteiger partial charge is 0.493 e. The number of hydrogen-bond acceptors (Lipinski definition) is 7. The molecule has 1 fully saturated rings. The minimum Gasteiger partial charge on any atom is -0.493 e. The van der Waals surface area contributed by atoms with Gasteiger partial charge in [0.1, 0.15) is 18.1 Å². The topological polar surface area (TPSA) is 97.7 Å². The van der Waals surface area contributed by atoms with Gasteiger partial charge in [0.2, 0.25) is 0 Å². The molecule has 8 nitrogen and oxygen atoms in total. The van der Waals surface area contributed by atoms with Crippen molar-refractivity contribution in [3.8, 4) is 22.8 Å². The molecule has 8 heteroatoms. The average Bonchev–Trinajstić information content (AvgIpc) is 3.43. The first-order valence-corrected chi connectivity index (χ1v) is 12.2. The zero-order valence-electron chi connectivity index (χ0n) is 20.1. The standard InChI is InChI=1S/C27H35N5O3/c28-24-7-8-27(35-18-14-32-12-16-33-17-13-32)23(19-24)21-29-10-2-1-3-15-34-25-6-4-5-22(20-25)26-9-11-30-31-26/h1-2,4-9,11,19-20,29H,3,10,12-18,21,28H2,(H,30,31)/b2-1+. The number of aromatic nitrogens is 2. The molecule has 0 unspecified atom stereocenters. The number of nitrogens with one attached hydrogen (secondary N) is 2. The summed E-state index contributed by atoms with van der Waals surface area (Å²) in [5.41, 5.74) is 9.86. The highest BCUT2D eigenvalue weighted by molar-refractivity contribution is 5.60. The van der Waals surface area contributed by atoms with E-state index in [-0.39, 0.29) is 0 Å². The zero-order chi connectivity index (χ0) is 24.1.